The molecule has 0 atom stereocenters. The smallest absolute Gasteiger partial charge is 0.121 e. The van der Waals surface area contributed by atoms with Gasteiger partial charge in [0.15, 0.2) is 0 Å². The van der Waals surface area contributed by atoms with Crippen molar-refractivity contribution < 1.29 is 14.2 Å². The molecule has 4 heteroatoms. The van der Waals surface area contributed by atoms with E-state index in [4.69, 9.17) is 14.2 Å². The molecule has 0 unspecified atom stereocenters. The summed E-state index contributed by atoms with van der Waals surface area (Å²) in [6.45, 7) is 11.9. The average molecular weight is 372 g/mol. The van der Waals surface area contributed by atoms with E-state index in [9.17, 15) is 0 Å². The third kappa shape index (κ3) is 7.14. The summed E-state index contributed by atoms with van der Waals surface area (Å²) in [5.41, 5.74) is 2.57. The van der Waals surface area contributed by atoms with Crippen molar-refractivity contribution in [1.82, 2.24) is 0 Å². The topological polar surface area (TPSA) is 39.7 Å². The Morgan fingerprint density at radius 3 is 2.30 bits per heavy atom. The molecule has 0 radical (unpaired) electrons. The minimum absolute atomic E-state index is 0.204. The molecule has 2 aromatic rings. The van der Waals surface area contributed by atoms with Crippen molar-refractivity contribution in [3.05, 3.63) is 54.1 Å². The average Bonchev–Trinajstić information content (AvgIpc) is 2.69. The molecule has 0 amide bonds. The highest BCUT2D eigenvalue weighted by atomic mass is 16.5. The Balaban J connectivity index is 1.73. The molecule has 0 aliphatic rings. The van der Waals surface area contributed by atoms with Gasteiger partial charge in [-0.25, -0.2) is 0 Å². The summed E-state index contributed by atoms with van der Waals surface area (Å²) in [6, 6.07) is 16.4. The molecule has 0 bridgehead atoms. The lowest BCUT2D eigenvalue weighted by atomic mass is 9.82. The van der Waals surface area contributed by atoms with Crippen molar-refractivity contribution in [2.75, 3.05) is 38.3 Å². The number of ether oxygens (including phenoxy) is 3. The normalized spacial score (nSPS) is 11.3. The van der Waals surface area contributed by atoms with Crippen LogP contribution in [0, 0.1) is 0 Å². The second-order valence-corrected chi connectivity index (χ2v) is 7.11. The van der Waals surface area contributed by atoms with Crippen molar-refractivity contribution >= 4 is 5.69 Å². The maximum atomic E-state index is 5.84. The first-order chi connectivity index (χ1) is 13.0. The van der Waals surface area contributed by atoms with E-state index in [-0.39, 0.29) is 5.41 Å². The summed E-state index contributed by atoms with van der Waals surface area (Å²) >= 11 is 0. The molecule has 0 heterocycles. The summed E-state index contributed by atoms with van der Waals surface area (Å²) in [5.74, 6) is 1.75. The molecule has 0 aromatic heterocycles. The standard InChI is InChI=1S/C23H33NO3/c1-5-23(3,4)19-10-12-21(13-11-19)26-15-14-24-20-8-7-9-22(18-20)27-17-16-25-6-2/h7-13,18,24H,5-6,14-17H2,1-4H3. The van der Waals surface area contributed by atoms with Crippen molar-refractivity contribution in [3.8, 4) is 11.5 Å². The molecule has 1 N–H and O–H groups in total. The van der Waals surface area contributed by atoms with E-state index >= 15 is 0 Å². The molecule has 0 aliphatic carbocycles. The fourth-order valence-electron chi connectivity index (χ4n) is 2.63. The maximum Gasteiger partial charge on any atom is 0.121 e. The lowest BCUT2D eigenvalue weighted by Gasteiger charge is -2.23. The highest BCUT2D eigenvalue weighted by molar-refractivity contribution is 5.48. The van der Waals surface area contributed by atoms with Crippen LogP contribution in [0.25, 0.3) is 0 Å². The summed E-state index contributed by atoms with van der Waals surface area (Å²) in [5, 5.41) is 3.37. The van der Waals surface area contributed by atoms with Crippen LogP contribution in [0.4, 0.5) is 5.69 Å². The van der Waals surface area contributed by atoms with Gasteiger partial charge in [-0.05, 0) is 48.6 Å². The molecule has 2 rings (SSSR count). The predicted octanol–water partition coefficient (Wildman–Crippen LogP) is 5.28. The van der Waals surface area contributed by atoms with Crippen LogP contribution in [0.5, 0.6) is 11.5 Å². The van der Waals surface area contributed by atoms with E-state index in [1.54, 1.807) is 0 Å². The highest BCUT2D eigenvalue weighted by Crippen LogP contribution is 2.28. The van der Waals surface area contributed by atoms with Gasteiger partial charge in [0, 0.05) is 24.9 Å². The largest absolute Gasteiger partial charge is 0.492 e. The van der Waals surface area contributed by atoms with E-state index in [1.807, 2.05) is 31.2 Å². The Hall–Kier alpha value is -2.20. The fraction of sp³-hybridized carbons (Fsp3) is 0.478. The van der Waals surface area contributed by atoms with Crippen LogP contribution in [0.3, 0.4) is 0 Å². The molecule has 0 aliphatic heterocycles. The first-order valence-electron chi connectivity index (χ1n) is 9.83. The summed E-state index contributed by atoms with van der Waals surface area (Å²) in [7, 11) is 0. The third-order valence-electron chi connectivity index (χ3n) is 4.75. The van der Waals surface area contributed by atoms with Gasteiger partial charge in [-0.3, -0.25) is 0 Å². The molecule has 148 valence electrons. The van der Waals surface area contributed by atoms with Crippen molar-refractivity contribution in [2.45, 2.75) is 39.5 Å². The van der Waals surface area contributed by atoms with E-state index in [2.05, 4.69) is 50.4 Å². The van der Waals surface area contributed by atoms with Gasteiger partial charge in [-0.15, -0.1) is 0 Å². The maximum absolute atomic E-state index is 5.84. The number of hydrogen-bond acceptors (Lipinski definition) is 4. The van der Waals surface area contributed by atoms with Crippen LogP contribution >= 0.6 is 0 Å². The van der Waals surface area contributed by atoms with E-state index < -0.39 is 0 Å². The third-order valence-corrected chi connectivity index (χ3v) is 4.75. The second-order valence-electron chi connectivity index (χ2n) is 7.11. The minimum Gasteiger partial charge on any atom is -0.492 e. The van der Waals surface area contributed by atoms with Gasteiger partial charge < -0.3 is 19.5 Å². The molecular weight excluding hydrogens is 338 g/mol. The zero-order chi connectivity index (χ0) is 19.5. The van der Waals surface area contributed by atoms with E-state index in [0.29, 0.717) is 26.4 Å². The number of hydrogen-bond donors (Lipinski definition) is 1. The molecule has 0 saturated heterocycles. The van der Waals surface area contributed by atoms with Crippen LogP contribution in [-0.2, 0) is 10.2 Å². The molecular formula is C23H33NO3. The van der Waals surface area contributed by atoms with Crippen LogP contribution in [0.2, 0.25) is 0 Å². The van der Waals surface area contributed by atoms with Gasteiger partial charge in [0.2, 0.25) is 0 Å². The fourth-order valence-corrected chi connectivity index (χ4v) is 2.63. The SMILES string of the molecule is CCOCCOc1cccc(NCCOc2ccc(C(C)(C)CC)cc2)c1. The molecule has 2 aromatic carbocycles. The van der Waals surface area contributed by atoms with Gasteiger partial charge in [-0.2, -0.15) is 0 Å². The predicted molar refractivity (Wildman–Crippen MR) is 112 cm³/mol. The first-order valence-corrected chi connectivity index (χ1v) is 9.83. The van der Waals surface area contributed by atoms with Crippen molar-refractivity contribution in [2.24, 2.45) is 0 Å². The number of nitrogens with one attached hydrogen (secondary N) is 1. The summed E-state index contributed by atoms with van der Waals surface area (Å²) < 4.78 is 16.8. The lowest BCUT2D eigenvalue weighted by molar-refractivity contribution is 0.110. The Bertz CT molecular complexity index is 668. The van der Waals surface area contributed by atoms with Crippen LogP contribution < -0.4 is 14.8 Å². The first kappa shape index (κ1) is 21.1. The van der Waals surface area contributed by atoms with Crippen LogP contribution in [-0.4, -0.2) is 33.0 Å². The van der Waals surface area contributed by atoms with Crippen molar-refractivity contribution in [3.63, 3.8) is 0 Å². The van der Waals surface area contributed by atoms with E-state index in [1.165, 1.54) is 5.56 Å². The van der Waals surface area contributed by atoms with Crippen LogP contribution in [0.15, 0.2) is 48.5 Å². The van der Waals surface area contributed by atoms with Gasteiger partial charge in [0.1, 0.15) is 24.7 Å². The molecule has 0 spiro atoms. The van der Waals surface area contributed by atoms with Crippen LogP contribution in [0.1, 0.15) is 39.7 Å². The van der Waals surface area contributed by atoms with E-state index in [0.717, 1.165) is 30.2 Å². The Morgan fingerprint density at radius 2 is 1.59 bits per heavy atom. The summed E-state index contributed by atoms with van der Waals surface area (Å²) in [6.07, 6.45) is 1.12. The lowest BCUT2D eigenvalue weighted by Crippen LogP contribution is -2.15. The van der Waals surface area contributed by atoms with Gasteiger partial charge in [-0.1, -0.05) is 39.0 Å². The van der Waals surface area contributed by atoms with Crippen molar-refractivity contribution in [1.29, 1.82) is 0 Å². The number of anilines is 1. The highest BCUT2D eigenvalue weighted by Gasteiger charge is 2.17. The minimum atomic E-state index is 0.204. The quantitative estimate of drug-likeness (QED) is 0.515. The summed E-state index contributed by atoms with van der Waals surface area (Å²) in [4.78, 5) is 0. The Kier molecular flexibility index (Phi) is 8.46. The Labute approximate surface area is 163 Å². The zero-order valence-corrected chi connectivity index (χ0v) is 17.1. The molecule has 0 fully saturated rings. The number of benzene rings is 2. The Morgan fingerprint density at radius 1 is 0.852 bits per heavy atom. The molecule has 0 saturated carbocycles. The van der Waals surface area contributed by atoms with Gasteiger partial charge in [0.05, 0.1) is 6.61 Å². The second kappa shape index (κ2) is 10.8. The monoisotopic (exact) mass is 371 g/mol. The van der Waals surface area contributed by atoms with Gasteiger partial charge >= 0.3 is 0 Å². The number of rotatable bonds is 12. The molecule has 4 nitrogen and oxygen atoms in total. The molecule has 27 heavy (non-hydrogen) atoms. The zero-order valence-electron chi connectivity index (χ0n) is 17.1. The van der Waals surface area contributed by atoms with Gasteiger partial charge in [0.25, 0.3) is 0 Å².